The largest absolute Gasteiger partial charge is 0.417 e. The van der Waals surface area contributed by atoms with Crippen LogP contribution < -0.4 is 5.73 Å². The minimum atomic E-state index is -4.76. The maximum absolute atomic E-state index is 12.6. The molecule has 0 radical (unpaired) electrons. The van der Waals surface area contributed by atoms with Crippen molar-refractivity contribution in [1.29, 1.82) is 0 Å². The second kappa shape index (κ2) is 8.58. The van der Waals surface area contributed by atoms with E-state index in [9.17, 15) is 23.1 Å². The smallest absolute Gasteiger partial charge is 0.402 e. The summed E-state index contributed by atoms with van der Waals surface area (Å²) in [5.74, 6) is -0.239. The van der Waals surface area contributed by atoms with Crippen molar-refractivity contribution in [2.75, 3.05) is 0 Å². The summed E-state index contributed by atoms with van der Waals surface area (Å²) in [6, 6.07) is 0. The molecule has 0 aliphatic carbocycles. The number of carbonyl (C=O) groups is 1. The van der Waals surface area contributed by atoms with Gasteiger partial charge in [0.1, 0.15) is 6.29 Å². The first-order valence-corrected chi connectivity index (χ1v) is 6.72. The fourth-order valence-corrected chi connectivity index (χ4v) is 1.58. The van der Waals surface area contributed by atoms with Crippen molar-refractivity contribution in [3.05, 3.63) is 48.2 Å². The third-order valence-electron chi connectivity index (χ3n) is 2.87. The van der Waals surface area contributed by atoms with Gasteiger partial charge >= 0.3 is 6.18 Å². The van der Waals surface area contributed by atoms with Crippen LogP contribution in [0.4, 0.5) is 13.2 Å². The van der Waals surface area contributed by atoms with Crippen LogP contribution in [-0.2, 0) is 4.79 Å². The van der Waals surface area contributed by atoms with Crippen LogP contribution in [-0.4, -0.2) is 23.2 Å². The zero-order chi connectivity index (χ0) is 17.4. The predicted octanol–water partition coefficient (Wildman–Crippen LogP) is 3.43. The van der Waals surface area contributed by atoms with Gasteiger partial charge in [-0.3, -0.25) is 0 Å². The molecule has 0 saturated carbocycles. The molecule has 124 valence electrons. The van der Waals surface area contributed by atoms with Crippen LogP contribution in [0, 0.1) is 5.92 Å². The second-order valence-electron chi connectivity index (χ2n) is 5.27. The Kier molecular flexibility index (Phi) is 7.87. The number of hydrogen-bond acceptors (Lipinski definition) is 3. The van der Waals surface area contributed by atoms with Gasteiger partial charge in [-0.25, -0.2) is 0 Å². The molecule has 0 saturated heterocycles. The Balaban J connectivity index is 5.00. The molecule has 0 aromatic carbocycles. The van der Waals surface area contributed by atoms with Crippen LogP contribution in [0.3, 0.4) is 0 Å². The zero-order valence-electron chi connectivity index (χ0n) is 12.7. The Morgan fingerprint density at radius 3 is 2.45 bits per heavy atom. The van der Waals surface area contributed by atoms with Gasteiger partial charge in [0.15, 0.2) is 5.60 Å². The van der Waals surface area contributed by atoms with E-state index >= 15 is 0 Å². The fraction of sp³-hybridized carbons (Fsp3) is 0.438. The number of nitrogens with two attached hydrogens (primary N) is 1. The maximum Gasteiger partial charge on any atom is 0.417 e. The number of rotatable bonds is 8. The van der Waals surface area contributed by atoms with Crippen LogP contribution in [0.2, 0.25) is 0 Å². The molecule has 0 aromatic rings. The first-order chi connectivity index (χ1) is 10.0. The summed E-state index contributed by atoms with van der Waals surface area (Å²) >= 11 is 0. The Hall–Kier alpha value is -1.82. The lowest BCUT2D eigenvalue weighted by molar-refractivity contribution is -0.252. The number of carbonyl (C=O) groups excluding carboxylic acids is 1. The van der Waals surface area contributed by atoms with Crippen molar-refractivity contribution < 1.29 is 23.1 Å². The average Bonchev–Trinajstić information content (AvgIpc) is 2.36. The Labute approximate surface area is 128 Å². The SMILES string of the molecule is C=C/C=C(/C=C(\N)CC(C)(O)C(F)(F)F)C/C=C\C(C)C=O. The van der Waals surface area contributed by atoms with E-state index in [1.807, 2.05) is 0 Å². The summed E-state index contributed by atoms with van der Waals surface area (Å²) in [4.78, 5) is 10.5. The molecule has 0 aliphatic heterocycles. The third kappa shape index (κ3) is 7.26. The number of aldehydes is 1. The molecule has 0 amide bonds. The molecule has 22 heavy (non-hydrogen) atoms. The second-order valence-corrected chi connectivity index (χ2v) is 5.27. The molecule has 0 bridgehead atoms. The van der Waals surface area contributed by atoms with Crippen molar-refractivity contribution in [2.45, 2.75) is 38.5 Å². The minimum Gasteiger partial charge on any atom is -0.402 e. The van der Waals surface area contributed by atoms with Crippen molar-refractivity contribution in [3.8, 4) is 0 Å². The predicted molar refractivity (Wildman–Crippen MR) is 80.8 cm³/mol. The van der Waals surface area contributed by atoms with E-state index in [1.54, 1.807) is 25.2 Å². The first kappa shape index (κ1) is 20.2. The summed E-state index contributed by atoms with van der Waals surface area (Å²) in [5.41, 5.74) is 3.25. The highest BCUT2D eigenvalue weighted by atomic mass is 19.4. The molecule has 3 nitrogen and oxygen atoms in total. The monoisotopic (exact) mass is 317 g/mol. The van der Waals surface area contributed by atoms with Gasteiger partial charge in [0.05, 0.1) is 0 Å². The lowest BCUT2D eigenvalue weighted by atomic mass is 9.98. The fourth-order valence-electron chi connectivity index (χ4n) is 1.58. The normalized spacial score (nSPS) is 18.1. The number of halogens is 3. The van der Waals surface area contributed by atoms with E-state index in [0.29, 0.717) is 18.9 Å². The standard InChI is InChI=1S/C16H22F3NO2/c1-4-6-13(8-5-7-12(2)11-21)9-14(20)10-15(3,22)16(17,18)19/h4-7,9,11-12,22H,1,8,10,20H2,2-3H3/b7-5-,13-6+,14-9-. The molecule has 2 unspecified atom stereocenters. The van der Waals surface area contributed by atoms with E-state index in [2.05, 4.69) is 6.58 Å². The lowest BCUT2D eigenvalue weighted by Gasteiger charge is -2.26. The van der Waals surface area contributed by atoms with Crippen LogP contribution in [0.25, 0.3) is 0 Å². The van der Waals surface area contributed by atoms with E-state index in [1.165, 1.54) is 12.2 Å². The number of aliphatic hydroxyl groups is 1. The number of alkyl halides is 3. The number of hydrogen-bond donors (Lipinski definition) is 2. The van der Waals surface area contributed by atoms with Crippen LogP contribution in [0.15, 0.2) is 48.2 Å². The molecule has 0 aromatic heterocycles. The van der Waals surface area contributed by atoms with Crippen molar-refractivity contribution in [1.82, 2.24) is 0 Å². The topological polar surface area (TPSA) is 63.3 Å². The highest BCUT2D eigenvalue weighted by Crippen LogP contribution is 2.34. The zero-order valence-corrected chi connectivity index (χ0v) is 12.7. The molecule has 0 rings (SSSR count). The minimum absolute atomic E-state index is 0.0905. The Morgan fingerprint density at radius 2 is 2.00 bits per heavy atom. The third-order valence-corrected chi connectivity index (χ3v) is 2.87. The Morgan fingerprint density at radius 1 is 1.41 bits per heavy atom. The summed E-state index contributed by atoms with van der Waals surface area (Å²) in [6.07, 6.45) is 3.55. The molecule has 0 spiro atoms. The van der Waals surface area contributed by atoms with Gasteiger partial charge in [-0.05, 0) is 25.0 Å². The highest BCUT2D eigenvalue weighted by Gasteiger charge is 2.49. The van der Waals surface area contributed by atoms with Gasteiger partial charge in [-0.2, -0.15) is 13.2 Å². The van der Waals surface area contributed by atoms with Crippen molar-refractivity contribution >= 4 is 6.29 Å². The van der Waals surface area contributed by atoms with Gasteiger partial charge in [-0.15, -0.1) is 0 Å². The molecule has 0 aliphatic rings. The quantitative estimate of drug-likeness (QED) is 0.409. The van der Waals surface area contributed by atoms with Crippen molar-refractivity contribution in [3.63, 3.8) is 0 Å². The van der Waals surface area contributed by atoms with Gasteiger partial charge in [0, 0.05) is 18.0 Å². The Bertz CT molecular complexity index is 474. The highest BCUT2D eigenvalue weighted by molar-refractivity contribution is 5.55. The molecule has 0 fully saturated rings. The lowest BCUT2D eigenvalue weighted by Crippen LogP contribution is -2.43. The van der Waals surface area contributed by atoms with Gasteiger partial charge in [0.25, 0.3) is 0 Å². The summed E-state index contributed by atoms with van der Waals surface area (Å²) in [5, 5.41) is 9.41. The first-order valence-electron chi connectivity index (χ1n) is 6.72. The molecule has 2 atom stereocenters. The molecular weight excluding hydrogens is 295 g/mol. The maximum atomic E-state index is 12.6. The van der Waals surface area contributed by atoms with Gasteiger partial charge < -0.3 is 15.6 Å². The molecular formula is C16H22F3NO2. The van der Waals surface area contributed by atoms with Gasteiger partial charge in [0.2, 0.25) is 0 Å². The van der Waals surface area contributed by atoms with Gasteiger partial charge in [-0.1, -0.05) is 37.8 Å². The summed E-state index contributed by atoms with van der Waals surface area (Å²) in [7, 11) is 0. The van der Waals surface area contributed by atoms with E-state index in [0.717, 1.165) is 6.29 Å². The summed E-state index contributed by atoms with van der Waals surface area (Å²) in [6.45, 7) is 5.92. The average molecular weight is 317 g/mol. The molecule has 6 heteroatoms. The van der Waals surface area contributed by atoms with E-state index < -0.39 is 18.2 Å². The number of allylic oxidation sites excluding steroid dienone is 6. The van der Waals surface area contributed by atoms with Crippen LogP contribution in [0.1, 0.15) is 26.7 Å². The summed E-state index contributed by atoms with van der Waals surface area (Å²) < 4.78 is 37.8. The molecule has 0 heterocycles. The van der Waals surface area contributed by atoms with Crippen LogP contribution in [0.5, 0.6) is 0 Å². The van der Waals surface area contributed by atoms with E-state index in [4.69, 9.17) is 5.73 Å². The van der Waals surface area contributed by atoms with Crippen molar-refractivity contribution in [2.24, 2.45) is 11.7 Å². The van der Waals surface area contributed by atoms with E-state index in [-0.39, 0.29) is 11.6 Å². The molecule has 3 N–H and O–H groups in total. The van der Waals surface area contributed by atoms with Crippen LogP contribution >= 0.6 is 0 Å².